The fourth-order valence-corrected chi connectivity index (χ4v) is 4.81. The van der Waals surface area contributed by atoms with E-state index >= 15 is 0 Å². The second-order valence-electron chi connectivity index (χ2n) is 10.6. The molecule has 2 aromatic rings. The minimum absolute atomic E-state index is 0. The Morgan fingerprint density at radius 3 is 2.33 bits per heavy atom. The van der Waals surface area contributed by atoms with E-state index in [1.807, 2.05) is 24.3 Å². The van der Waals surface area contributed by atoms with Crippen LogP contribution in [0.15, 0.2) is 41.3 Å². The van der Waals surface area contributed by atoms with Gasteiger partial charge in [-0.1, -0.05) is 19.1 Å². The number of likely N-dealkylation sites (tertiary alicyclic amines) is 1. The molecule has 39 heavy (non-hydrogen) atoms. The molecule has 0 spiro atoms. The number of benzene rings is 1. The molecule has 3 atom stereocenters. The van der Waals surface area contributed by atoms with Crippen LogP contribution in [0.25, 0.3) is 5.69 Å². The van der Waals surface area contributed by atoms with Crippen molar-refractivity contribution < 1.29 is 14.7 Å². The van der Waals surface area contributed by atoms with E-state index < -0.39 is 23.9 Å². The van der Waals surface area contributed by atoms with Gasteiger partial charge in [-0.15, -0.1) is 12.4 Å². The number of aliphatic hydroxyl groups excluding tert-OH is 1. The molecule has 2 aliphatic heterocycles. The van der Waals surface area contributed by atoms with Crippen LogP contribution in [0.2, 0.25) is 0 Å². The van der Waals surface area contributed by atoms with Crippen molar-refractivity contribution in [2.75, 3.05) is 51.2 Å². The molecule has 6 N–H and O–H groups in total. The number of hydrogen-bond donors (Lipinski definition) is 4. The average molecular weight is 563 g/mol. The number of amides is 3. The first-order valence-electron chi connectivity index (χ1n) is 13.0. The molecule has 3 amide bonds. The Bertz CT molecular complexity index is 1200. The van der Waals surface area contributed by atoms with Crippen molar-refractivity contribution in [3.05, 3.63) is 52.6 Å². The SMILES string of the molecule is C[C@@H]1CN(Cc2ccc(-n3ccc(NC(=O)N4CCN(C(=O)C(C)(N)CO)CC4)nc3=O)cc2)CC[C@H]1N.Cl. The molecule has 0 bridgehead atoms. The summed E-state index contributed by atoms with van der Waals surface area (Å²) in [4.78, 5) is 47.3. The van der Waals surface area contributed by atoms with E-state index in [4.69, 9.17) is 11.5 Å². The Morgan fingerprint density at radius 2 is 1.74 bits per heavy atom. The second kappa shape index (κ2) is 12.9. The molecule has 2 fully saturated rings. The number of nitrogens with two attached hydrogens (primary N) is 2. The molecule has 13 heteroatoms. The first kappa shape index (κ1) is 30.5. The second-order valence-corrected chi connectivity index (χ2v) is 10.6. The molecule has 0 aliphatic carbocycles. The van der Waals surface area contributed by atoms with Gasteiger partial charge in [0.05, 0.1) is 12.3 Å². The van der Waals surface area contributed by atoms with Gasteiger partial charge in [0.25, 0.3) is 0 Å². The molecule has 0 saturated carbocycles. The van der Waals surface area contributed by atoms with Gasteiger partial charge in [-0.3, -0.25) is 19.6 Å². The molecule has 0 radical (unpaired) electrons. The van der Waals surface area contributed by atoms with Crippen LogP contribution in [0.3, 0.4) is 0 Å². The minimum atomic E-state index is -1.35. The number of rotatable bonds is 6. The van der Waals surface area contributed by atoms with Gasteiger partial charge in [-0.25, -0.2) is 9.59 Å². The Balaban J connectivity index is 0.00000420. The maximum atomic E-state index is 12.7. The van der Waals surface area contributed by atoms with Crippen molar-refractivity contribution in [1.82, 2.24) is 24.3 Å². The van der Waals surface area contributed by atoms with Gasteiger partial charge in [0.15, 0.2) is 0 Å². The van der Waals surface area contributed by atoms with Gasteiger partial charge in [0, 0.05) is 51.5 Å². The maximum absolute atomic E-state index is 12.7. The highest BCUT2D eigenvalue weighted by molar-refractivity contribution is 5.89. The van der Waals surface area contributed by atoms with Crippen LogP contribution in [0.5, 0.6) is 0 Å². The average Bonchev–Trinajstić information content (AvgIpc) is 2.91. The van der Waals surface area contributed by atoms with Gasteiger partial charge in [-0.05, 0) is 49.6 Å². The Labute approximate surface area is 234 Å². The Hall–Kier alpha value is -3.03. The molecular weight excluding hydrogens is 524 g/mol. The standard InChI is InChI=1S/C26H38N8O4.ClH/c1-18-15-31(9-7-21(18)27)16-19-3-5-20(6-4-19)34-10-8-22(30-25(34)38)29-24(37)33-13-11-32(12-14-33)23(36)26(2,28)17-35;/h3-6,8,10,18,21,35H,7,9,11-17,27-28H2,1-2H3,(H,29,30,37,38);1H/t18-,21-,26?;/m1./s1. The van der Waals surface area contributed by atoms with Crippen LogP contribution in [0, 0.1) is 5.92 Å². The van der Waals surface area contributed by atoms with Crippen LogP contribution in [0.4, 0.5) is 10.6 Å². The summed E-state index contributed by atoms with van der Waals surface area (Å²) < 4.78 is 1.43. The van der Waals surface area contributed by atoms with Crippen molar-refractivity contribution >= 4 is 30.2 Å². The lowest BCUT2D eigenvalue weighted by atomic mass is 9.94. The molecule has 12 nitrogen and oxygen atoms in total. The largest absolute Gasteiger partial charge is 0.394 e. The summed E-state index contributed by atoms with van der Waals surface area (Å²) in [5.74, 6) is 0.266. The molecule has 2 aliphatic rings. The van der Waals surface area contributed by atoms with Crippen molar-refractivity contribution in [1.29, 1.82) is 0 Å². The summed E-state index contributed by atoms with van der Waals surface area (Å²) >= 11 is 0. The molecule has 1 unspecified atom stereocenters. The lowest BCUT2D eigenvalue weighted by molar-refractivity contribution is -0.139. The van der Waals surface area contributed by atoms with Gasteiger partial charge in [-0.2, -0.15) is 4.98 Å². The smallest absolute Gasteiger partial charge is 0.354 e. The van der Waals surface area contributed by atoms with Crippen LogP contribution in [-0.4, -0.2) is 98.8 Å². The summed E-state index contributed by atoms with van der Waals surface area (Å²) in [7, 11) is 0. The van der Waals surface area contributed by atoms with E-state index in [9.17, 15) is 19.5 Å². The maximum Gasteiger partial charge on any atom is 0.354 e. The van der Waals surface area contributed by atoms with Gasteiger partial charge >= 0.3 is 11.7 Å². The van der Waals surface area contributed by atoms with Crippen LogP contribution < -0.4 is 22.5 Å². The van der Waals surface area contributed by atoms with Gasteiger partial charge < -0.3 is 26.4 Å². The number of halogens is 1. The molecular formula is C26H39ClN8O4. The zero-order valence-electron chi connectivity index (χ0n) is 22.5. The van der Waals surface area contributed by atoms with Crippen molar-refractivity contribution in [3.63, 3.8) is 0 Å². The topological polar surface area (TPSA) is 163 Å². The number of aromatic nitrogens is 2. The van der Waals surface area contributed by atoms with Crippen LogP contribution >= 0.6 is 12.4 Å². The number of piperazine rings is 1. The number of urea groups is 1. The van der Waals surface area contributed by atoms with Gasteiger partial charge in [0.2, 0.25) is 5.91 Å². The first-order chi connectivity index (χ1) is 18.1. The lowest BCUT2D eigenvalue weighted by Crippen LogP contribution is -2.60. The zero-order valence-corrected chi connectivity index (χ0v) is 23.3. The number of piperidine rings is 1. The normalized spacial score (nSPS) is 21.6. The summed E-state index contributed by atoms with van der Waals surface area (Å²) in [6.45, 7) is 7.19. The predicted octanol–water partition coefficient (Wildman–Crippen LogP) is 0.209. The summed E-state index contributed by atoms with van der Waals surface area (Å²) in [5.41, 5.74) is 12.0. The van der Waals surface area contributed by atoms with Crippen molar-refractivity contribution in [2.45, 2.75) is 38.4 Å². The van der Waals surface area contributed by atoms with E-state index in [-0.39, 0.29) is 30.2 Å². The third-order valence-corrected chi connectivity index (χ3v) is 7.39. The van der Waals surface area contributed by atoms with E-state index in [0.29, 0.717) is 37.8 Å². The third kappa shape index (κ3) is 7.34. The first-order valence-corrected chi connectivity index (χ1v) is 13.0. The van der Waals surface area contributed by atoms with Gasteiger partial charge in [0.1, 0.15) is 11.4 Å². The van der Waals surface area contributed by atoms with E-state index in [1.165, 1.54) is 16.4 Å². The molecule has 214 valence electrons. The number of nitrogens with zero attached hydrogens (tertiary/aromatic N) is 5. The quantitative estimate of drug-likeness (QED) is 0.388. The van der Waals surface area contributed by atoms with Crippen molar-refractivity contribution in [2.24, 2.45) is 17.4 Å². The van der Waals surface area contributed by atoms with E-state index in [0.717, 1.165) is 31.6 Å². The van der Waals surface area contributed by atoms with E-state index in [1.54, 1.807) is 17.2 Å². The molecule has 1 aromatic heterocycles. The van der Waals surface area contributed by atoms with E-state index in [2.05, 4.69) is 22.1 Å². The molecule has 1 aromatic carbocycles. The Kier molecular flexibility index (Phi) is 10.1. The molecule has 4 rings (SSSR count). The Morgan fingerprint density at radius 1 is 1.10 bits per heavy atom. The highest BCUT2D eigenvalue weighted by Crippen LogP contribution is 2.18. The van der Waals surface area contributed by atoms with Crippen LogP contribution in [0.1, 0.15) is 25.8 Å². The zero-order chi connectivity index (χ0) is 27.4. The lowest BCUT2D eigenvalue weighted by Gasteiger charge is -2.37. The summed E-state index contributed by atoms with van der Waals surface area (Å²) in [6, 6.07) is 9.23. The summed E-state index contributed by atoms with van der Waals surface area (Å²) in [5, 5.41) is 12.0. The highest BCUT2D eigenvalue weighted by atomic mass is 35.5. The number of aliphatic hydroxyl groups is 1. The van der Waals surface area contributed by atoms with Crippen LogP contribution in [-0.2, 0) is 11.3 Å². The summed E-state index contributed by atoms with van der Waals surface area (Å²) in [6.07, 6.45) is 2.58. The highest BCUT2D eigenvalue weighted by Gasteiger charge is 2.34. The van der Waals surface area contributed by atoms with Crippen molar-refractivity contribution in [3.8, 4) is 5.69 Å². The number of anilines is 1. The predicted molar refractivity (Wildman–Crippen MR) is 151 cm³/mol. The third-order valence-electron chi connectivity index (χ3n) is 7.39. The number of carbonyl (C=O) groups excluding carboxylic acids is 2. The monoisotopic (exact) mass is 562 g/mol. The fraction of sp³-hybridized carbons (Fsp3) is 0.538. The fourth-order valence-electron chi connectivity index (χ4n) is 4.81. The molecule has 3 heterocycles. The molecule has 2 saturated heterocycles. The minimum Gasteiger partial charge on any atom is -0.394 e. The number of hydrogen-bond acceptors (Lipinski definition) is 8. The number of carbonyl (C=O) groups is 2. The number of nitrogens with one attached hydrogen (secondary N) is 1.